The van der Waals surface area contributed by atoms with Gasteiger partial charge in [0.2, 0.25) is 0 Å². The first-order chi connectivity index (χ1) is 19.1. The van der Waals surface area contributed by atoms with Crippen molar-refractivity contribution in [3.8, 4) is 0 Å². The Balaban J connectivity index is 1.54. The fourth-order valence-corrected chi connectivity index (χ4v) is 4.86. The number of rotatable bonds is 9. The molecule has 1 aromatic heterocycles. The van der Waals surface area contributed by atoms with E-state index >= 15 is 0 Å². The lowest BCUT2D eigenvalue weighted by Gasteiger charge is -2.36. The molecule has 1 fully saturated rings. The molecule has 2 aromatic carbocycles. The minimum atomic E-state index is -2.66. The number of nitrogens with zero attached hydrogens (tertiary/aromatic N) is 5. The highest BCUT2D eigenvalue weighted by Gasteiger charge is 2.20. The summed E-state index contributed by atoms with van der Waals surface area (Å²) in [6.07, 6.45) is 1.66. The zero-order chi connectivity index (χ0) is 29.0. The van der Waals surface area contributed by atoms with E-state index in [0.29, 0.717) is 28.3 Å². The highest BCUT2D eigenvalue weighted by atomic mass is 19.3. The Hall–Kier alpha value is -3.96. The second-order valence-corrected chi connectivity index (χ2v) is 10.2. The van der Waals surface area contributed by atoms with Crippen molar-refractivity contribution in [1.29, 1.82) is 0 Å². The van der Waals surface area contributed by atoms with Crippen LogP contribution in [0, 0.1) is 13.8 Å². The second kappa shape index (κ2) is 12.5. The largest absolute Gasteiger partial charge is 0.397 e. The fourth-order valence-electron chi connectivity index (χ4n) is 4.86. The van der Waals surface area contributed by atoms with Crippen molar-refractivity contribution < 1.29 is 13.6 Å². The molecule has 0 spiro atoms. The topological polar surface area (TPSA) is 109 Å². The van der Waals surface area contributed by atoms with Crippen LogP contribution >= 0.6 is 0 Å². The Labute approximate surface area is 234 Å². The van der Waals surface area contributed by atoms with Gasteiger partial charge in [-0.2, -0.15) is 5.10 Å². The zero-order valence-corrected chi connectivity index (χ0v) is 23.5. The van der Waals surface area contributed by atoms with E-state index in [1.165, 1.54) is 17.1 Å². The molecule has 11 heteroatoms. The molecule has 1 aliphatic rings. The second-order valence-electron chi connectivity index (χ2n) is 10.2. The Morgan fingerprint density at radius 3 is 2.50 bits per heavy atom. The van der Waals surface area contributed by atoms with Gasteiger partial charge < -0.3 is 16.0 Å². The number of benzene rings is 2. The number of hydrogen-bond acceptors (Lipinski definition) is 7. The van der Waals surface area contributed by atoms with Crippen molar-refractivity contribution >= 4 is 28.7 Å². The monoisotopic (exact) mass is 552 g/mol. The minimum Gasteiger partial charge on any atom is -0.397 e. The molecule has 0 aliphatic carbocycles. The SMILES string of the molecule is CCCN1CCN(c2cc(NC(=O)c3ccc(C)c(N(N)/C=C(\N)c4cnn(C)c4C)c3)cc(C(F)F)c2)CC1. The summed E-state index contributed by atoms with van der Waals surface area (Å²) >= 11 is 0. The first-order valence-electron chi connectivity index (χ1n) is 13.4. The molecular weight excluding hydrogens is 514 g/mol. The van der Waals surface area contributed by atoms with E-state index in [-0.39, 0.29) is 5.56 Å². The molecule has 0 atom stereocenters. The molecule has 0 radical (unpaired) electrons. The van der Waals surface area contributed by atoms with Crippen LogP contribution in [0.3, 0.4) is 0 Å². The standard InChI is InChI=1S/C29H38F2N8O/c1-5-8-37-9-11-38(12-10-37)24-14-22(28(30)31)13-23(16-24)35-29(40)21-7-6-19(2)27(15-21)39(33)18-26(32)25-17-34-36(4)20(25)3/h6-7,13-18,28H,5,8-12,32-33H2,1-4H3,(H,35,40)/b26-18-. The van der Waals surface area contributed by atoms with Crippen LogP contribution in [-0.2, 0) is 7.05 Å². The van der Waals surface area contributed by atoms with Crippen LogP contribution in [0.4, 0.5) is 25.8 Å². The molecule has 1 saturated heterocycles. The quantitative estimate of drug-likeness (QED) is 0.267. The van der Waals surface area contributed by atoms with E-state index in [1.54, 1.807) is 41.3 Å². The first-order valence-corrected chi connectivity index (χ1v) is 13.4. The Morgan fingerprint density at radius 1 is 1.15 bits per heavy atom. The molecule has 0 bridgehead atoms. The number of amides is 1. The number of carbonyl (C=O) groups excluding carboxylic acids is 1. The third kappa shape index (κ3) is 6.60. The van der Waals surface area contributed by atoms with E-state index in [4.69, 9.17) is 11.6 Å². The van der Waals surface area contributed by atoms with Crippen molar-refractivity contribution in [3.05, 3.63) is 76.7 Å². The van der Waals surface area contributed by atoms with E-state index in [2.05, 4.69) is 27.1 Å². The normalized spacial score (nSPS) is 14.6. The van der Waals surface area contributed by atoms with Gasteiger partial charge in [0.05, 0.1) is 17.6 Å². The molecule has 4 rings (SSSR count). The maximum atomic E-state index is 13.8. The predicted octanol–water partition coefficient (Wildman–Crippen LogP) is 4.40. The van der Waals surface area contributed by atoms with Crippen molar-refractivity contribution in [2.75, 3.05) is 47.9 Å². The van der Waals surface area contributed by atoms with Crippen molar-refractivity contribution in [2.45, 2.75) is 33.6 Å². The zero-order valence-electron chi connectivity index (χ0n) is 23.5. The van der Waals surface area contributed by atoms with E-state index in [1.807, 2.05) is 20.9 Å². The molecule has 1 aliphatic heterocycles. The van der Waals surface area contributed by atoms with Gasteiger partial charge in [-0.15, -0.1) is 0 Å². The van der Waals surface area contributed by atoms with Crippen LogP contribution in [0.5, 0.6) is 0 Å². The van der Waals surface area contributed by atoms with E-state index in [0.717, 1.165) is 56.0 Å². The molecule has 9 nitrogen and oxygen atoms in total. The Kier molecular flexibility index (Phi) is 9.06. The summed E-state index contributed by atoms with van der Waals surface area (Å²) in [6, 6.07) is 9.68. The van der Waals surface area contributed by atoms with Gasteiger partial charge >= 0.3 is 0 Å². The molecular formula is C29H38F2N8O. The Morgan fingerprint density at radius 2 is 1.88 bits per heavy atom. The average molecular weight is 553 g/mol. The van der Waals surface area contributed by atoms with Crippen LogP contribution < -0.4 is 26.8 Å². The van der Waals surface area contributed by atoms with E-state index in [9.17, 15) is 13.6 Å². The van der Waals surface area contributed by atoms with Crippen molar-refractivity contribution in [1.82, 2.24) is 14.7 Å². The molecule has 5 N–H and O–H groups in total. The van der Waals surface area contributed by atoms with Crippen molar-refractivity contribution in [3.63, 3.8) is 0 Å². The van der Waals surface area contributed by atoms with Gasteiger partial charge in [-0.25, -0.2) is 14.6 Å². The third-order valence-corrected chi connectivity index (χ3v) is 7.30. The molecule has 0 saturated carbocycles. The summed E-state index contributed by atoms with van der Waals surface area (Å²) in [5.74, 6) is 5.89. The van der Waals surface area contributed by atoms with Crippen LogP contribution in [0.2, 0.25) is 0 Å². The van der Waals surface area contributed by atoms with Gasteiger partial charge in [0, 0.05) is 73.2 Å². The molecule has 0 unspecified atom stereocenters. The smallest absolute Gasteiger partial charge is 0.263 e. The number of alkyl halides is 2. The maximum absolute atomic E-state index is 13.8. The molecule has 3 aromatic rings. The highest BCUT2D eigenvalue weighted by molar-refractivity contribution is 6.05. The van der Waals surface area contributed by atoms with Crippen LogP contribution in [0.15, 0.2) is 48.8 Å². The number of aryl methyl sites for hydroxylation is 2. The number of anilines is 3. The highest BCUT2D eigenvalue weighted by Crippen LogP contribution is 2.30. The van der Waals surface area contributed by atoms with Gasteiger partial charge in [0.25, 0.3) is 12.3 Å². The van der Waals surface area contributed by atoms with Gasteiger partial charge in [0.15, 0.2) is 0 Å². The predicted molar refractivity (Wildman–Crippen MR) is 156 cm³/mol. The first kappa shape index (κ1) is 29.0. The molecule has 1 amide bonds. The number of nitrogens with one attached hydrogen (secondary N) is 1. The van der Waals surface area contributed by atoms with Gasteiger partial charge in [-0.1, -0.05) is 13.0 Å². The number of piperazine rings is 1. The van der Waals surface area contributed by atoms with Crippen LogP contribution in [0.1, 0.15) is 52.5 Å². The lowest BCUT2D eigenvalue weighted by molar-refractivity contribution is 0.102. The van der Waals surface area contributed by atoms with E-state index < -0.39 is 12.3 Å². The summed E-state index contributed by atoms with van der Waals surface area (Å²) in [6.45, 7) is 10.2. The number of carbonyl (C=O) groups is 1. The molecule has 2 heterocycles. The number of aromatic nitrogens is 2. The van der Waals surface area contributed by atoms with Crippen LogP contribution in [-0.4, -0.2) is 53.3 Å². The number of nitrogens with two attached hydrogens (primary N) is 2. The number of hydrogen-bond donors (Lipinski definition) is 3. The lowest BCUT2D eigenvalue weighted by Crippen LogP contribution is -2.46. The van der Waals surface area contributed by atoms with Crippen molar-refractivity contribution in [2.24, 2.45) is 18.6 Å². The molecule has 40 heavy (non-hydrogen) atoms. The van der Waals surface area contributed by atoms with Gasteiger partial charge in [-0.05, 0) is 62.7 Å². The summed E-state index contributed by atoms with van der Waals surface area (Å²) in [5.41, 5.74) is 10.9. The Bertz CT molecular complexity index is 1380. The number of hydrazine groups is 1. The minimum absolute atomic E-state index is 0.132. The third-order valence-electron chi connectivity index (χ3n) is 7.30. The van der Waals surface area contributed by atoms with Gasteiger partial charge in [-0.3, -0.25) is 19.4 Å². The summed E-state index contributed by atoms with van der Waals surface area (Å²) in [7, 11) is 1.83. The molecule has 214 valence electrons. The maximum Gasteiger partial charge on any atom is 0.263 e. The average Bonchev–Trinajstić information content (AvgIpc) is 3.27. The summed E-state index contributed by atoms with van der Waals surface area (Å²) in [5, 5.41) is 8.37. The summed E-state index contributed by atoms with van der Waals surface area (Å²) in [4.78, 5) is 17.7. The van der Waals surface area contributed by atoms with Gasteiger partial charge in [0.1, 0.15) is 0 Å². The number of halogens is 2. The van der Waals surface area contributed by atoms with Crippen LogP contribution in [0.25, 0.3) is 5.70 Å². The fraction of sp³-hybridized carbons (Fsp3) is 0.379. The lowest BCUT2D eigenvalue weighted by atomic mass is 10.1. The summed E-state index contributed by atoms with van der Waals surface area (Å²) < 4.78 is 29.3.